The Morgan fingerprint density at radius 2 is 1.83 bits per heavy atom. The minimum atomic E-state index is -4.73. The minimum absolute atomic E-state index is 0.0672. The number of aliphatic hydroxyl groups excluding tert-OH is 1. The zero-order chi connectivity index (χ0) is 25.0. The van der Waals surface area contributed by atoms with Crippen LogP contribution in [0.25, 0.3) is 16.9 Å². The lowest BCUT2D eigenvalue weighted by atomic mass is 9.99. The van der Waals surface area contributed by atoms with Gasteiger partial charge < -0.3 is 14.6 Å². The summed E-state index contributed by atoms with van der Waals surface area (Å²) in [4.78, 5) is 8.85. The quantitative estimate of drug-likeness (QED) is 0.307. The molecule has 0 saturated heterocycles. The van der Waals surface area contributed by atoms with E-state index < -0.39 is 6.36 Å². The third-order valence-electron chi connectivity index (χ3n) is 5.52. The maximum Gasteiger partial charge on any atom is 0.573 e. The van der Waals surface area contributed by atoms with Crippen LogP contribution < -0.4 is 9.47 Å². The monoisotopic (exact) mass is 546 g/mol. The fourth-order valence-corrected chi connectivity index (χ4v) is 4.28. The molecule has 1 N–H and O–H groups in total. The molecule has 35 heavy (non-hydrogen) atoms. The van der Waals surface area contributed by atoms with Gasteiger partial charge in [-0.2, -0.15) is 0 Å². The first-order valence-corrected chi connectivity index (χ1v) is 11.7. The van der Waals surface area contributed by atoms with Gasteiger partial charge >= 0.3 is 6.36 Å². The second kappa shape index (κ2) is 10.5. The van der Waals surface area contributed by atoms with Crippen LogP contribution in [0.2, 0.25) is 0 Å². The van der Waals surface area contributed by atoms with Crippen molar-refractivity contribution in [3.05, 3.63) is 87.9 Å². The molecule has 5 nitrogen and oxygen atoms in total. The summed E-state index contributed by atoms with van der Waals surface area (Å²) in [5, 5.41) is 10.1. The molecule has 1 heterocycles. The van der Waals surface area contributed by atoms with Gasteiger partial charge in [0, 0.05) is 10.0 Å². The fraction of sp³-hybridized carbons (Fsp3) is 0.231. The molecule has 0 amide bonds. The number of nitrogens with zero attached hydrogens (tertiary/aromatic N) is 2. The number of benzene rings is 2. The highest BCUT2D eigenvalue weighted by Crippen LogP contribution is 2.43. The Morgan fingerprint density at radius 1 is 1.09 bits per heavy atom. The van der Waals surface area contributed by atoms with E-state index >= 15 is 0 Å². The van der Waals surface area contributed by atoms with Gasteiger partial charge in [-0.1, -0.05) is 28.1 Å². The van der Waals surface area contributed by atoms with Crippen molar-refractivity contribution >= 4 is 32.8 Å². The molecule has 9 heteroatoms. The molecule has 1 aliphatic rings. The van der Waals surface area contributed by atoms with Crippen molar-refractivity contribution in [1.29, 1.82) is 0 Å². The van der Waals surface area contributed by atoms with E-state index in [0.29, 0.717) is 22.7 Å². The van der Waals surface area contributed by atoms with Crippen LogP contribution in [0.15, 0.2) is 65.4 Å². The maximum atomic E-state index is 12.4. The van der Waals surface area contributed by atoms with Crippen LogP contribution in [-0.4, -0.2) is 21.4 Å². The highest BCUT2D eigenvalue weighted by atomic mass is 79.9. The van der Waals surface area contributed by atoms with Crippen LogP contribution in [0.4, 0.5) is 13.2 Å². The summed E-state index contributed by atoms with van der Waals surface area (Å²) in [7, 11) is 0. The Balaban J connectivity index is 1.61. The van der Waals surface area contributed by atoms with Gasteiger partial charge in [0.2, 0.25) is 0 Å². The third kappa shape index (κ3) is 6.22. The molecule has 0 spiro atoms. The molecule has 3 aromatic rings. The number of hydrogen-bond donors (Lipinski definition) is 1. The summed E-state index contributed by atoms with van der Waals surface area (Å²) in [6.45, 7) is 1.90. The average Bonchev–Trinajstić information content (AvgIpc) is 3.32. The average molecular weight is 547 g/mol. The van der Waals surface area contributed by atoms with Crippen molar-refractivity contribution in [3.8, 4) is 11.5 Å². The molecule has 182 valence electrons. The molecule has 0 radical (unpaired) electrons. The van der Waals surface area contributed by atoms with Crippen LogP contribution in [0.5, 0.6) is 11.5 Å². The van der Waals surface area contributed by atoms with Crippen LogP contribution >= 0.6 is 15.9 Å². The van der Waals surface area contributed by atoms with Gasteiger partial charge in [-0.15, -0.1) is 13.2 Å². The van der Waals surface area contributed by atoms with Crippen LogP contribution in [0.3, 0.4) is 0 Å². The lowest BCUT2D eigenvalue weighted by molar-refractivity contribution is -0.274. The zero-order valence-corrected chi connectivity index (χ0v) is 20.4. The number of hydrogen-bond acceptors (Lipinski definition) is 5. The number of halogens is 4. The van der Waals surface area contributed by atoms with E-state index in [2.05, 4.69) is 30.6 Å². The lowest BCUT2D eigenvalue weighted by Crippen LogP contribution is -2.17. The Labute approximate surface area is 209 Å². The Kier molecular flexibility index (Phi) is 7.45. The molecular weight excluding hydrogens is 525 g/mol. The largest absolute Gasteiger partial charge is 0.573 e. The zero-order valence-electron chi connectivity index (χ0n) is 18.8. The minimum Gasteiger partial charge on any atom is -0.506 e. The van der Waals surface area contributed by atoms with Crippen molar-refractivity contribution in [1.82, 2.24) is 9.97 Å². The lowest BCUT2D eigenvalue weighted by Gasteiger charge is -2.15. The number of rotatable bonds is 7. The summed E-state index contributed by atoms with van der Waals surface area (Å²) in [5.41, 5.74) is 4.85. The first kappa shape index (κ1) is 24.8. The number of aliphatic hydroxyl groups is 1. The first-order chi connectivity index (χ1) is 16.7. The van der Waals surface area contributed by atoms with Gasteiger partial charge in [0.05, 0.1) is 18.1 Å². The van der Waals surface area contributed by atoms with E-state index in [4.69, 9.17) is 4.74 Å². The Bertz CT molecular complexity index is 1270. The summed E-state index contributed by atoms with van der Waals surface area (Å²) in [6.07, 6.45) is 2.64. The van der Waals surface area contributed by atoms with Crippen LogP contribution in [0.1, 0.15) is 48.7 Å². The number of allylic oxidation sites excluding steroid dienone is 3. The van der Waals surface area contributed by atoms with Gasteiger partial charge in [0.15, 0.2) is 0 Å². The van der Waals surface area contributed by atoms with Gasteiger partial charge in [0.1, 0.15) is 29.6 Å². The standard InChI is InChI=1S/C26H22BrF3N2O3/c1-2-24(33)23-14-31-13-22(32-23)20-5-3-4-19(20)21-12-17(27)8-11-25(21)34-15-16-6-9-18(10-7-16)35-26(28,29)30/h2,6-14,33H,3-5,15H2,1H3/b24-2+. The molecular formula is C26H22BrF3N2O3. The number of ether oxygens (including phenoxy) is 2. The van der Waals surface area contributed by atoms with E-state index in [0.717, 1.165) is 40.4 Å². The molecule has 4 rings (SSSR count). The van der Waals surface area contributed by atoms with Gasteiger partial charge in [-0.3, -0.25) is 4.98 Å². The molecule has 2 aromatic carbocycles. The summed E-state index contributed by atoms with van der Waals surface area (Å²) >= 11 is 3.54. The van der Waals surface area contributed by atoms with Crippen molar-refractivity contribution in [3.63, 3.8) is 0 Å². The van der Waals surface area contributed by atoms with E-state index in [1.807, 2.05) is 18.2 Å². The highest BCUT2D eigenvalue weighted by Gasteiger charge is 2.31. The SMILES string of the molecule is C/C=C(/O)c1cncc(C2=C(c3cc(Br)ccc3OCc3ccc(OC(F)(F)F)cc3)CCC2)n1. The number of aromatic nitrogens is 2. The van der Waals surface area contributed by atoms with Gasteiger partial charge in [-0.05, 0) is 79.3 Å². The molecule has 0 bridgehead atoms. The van der Waals surface area contributed by atoms with Crippen LogP contribution in [-0.2, 0) is 6.61 Å². The van der Waals surface area contributed by atoms with Crippen molar-refractivity contribution in [2.24, 2.45) is 0 Å². The molecule has 0 atom stereocenters. The molecule has 0 saturated carbocycles. The number of alkyl halides is 3. The molecule has 0 fully saturated rings. The summed E-state index contributed by atoms with van der Waals surface area (Å²) in [5.74, 6) is 0.440. The second-order valence-electron chi connectivity index (χ2n) is 7.90. The smallest absolute Gasteiger partial charge is 0.506 e. The van der Waals surface area contributed by atoms with Gasteiger partial charge in [-0.25, -0.2) is 4.98 Å². The Hall–Kier alpha value is -3.33. The van der Waals surface area contributed by atoms with Crippen LogP contribution in [0, 0.1) is 0 Å². The maximum absolute atomic E-state index is 12.4. The highest BCUT2D eigenvalue weighted by molar-refractivity contribution is 9.10. The normalized spacial score (nSPS) is 14.4. The second-order valence-corrected chi connectivity index (χ2v) is 8.81. The van der Waals surface area contributed by atoms with E-state index in [1.165, 1.54) is 30.5 Å². The molecule has 0 aliphatic heterocycles. The van der Waals surface area contributed by atoms with Crippen molar-refractivity contribution < 1.29 is 27.8 Å². The predicted molar refractivity (Wildman–Crippen MR) is 131 cm³/mol. The third-order valence-corrected chi connectivity index (χ3v) is 6.01. The molecule has 1 aromatic heterocycles. The first-order valence-electron chi connectivity index (χ1n) is 10.9. The summed E-state index contributed by atoms with van der Waals surface area (Å²) in [6, 6.07) is 11.3. The van der Waals surface area contributed by atoms with E-state index in [9.17, 15) is 18.3 Å². The molecule has 1 aliphatic carbocycles. The Morgan fingerprint density at radius 3 is 2.54 bits per heavy atom. The van der Waals surface area contributed by atoms with E-state index in [1.54, 1.807) is 19.2 Å². The topological polar surface area (TPSA) is 64.5 Å². The van der Waals surface area contributed by atoms with Gasteiger partial charge in [0.25, 0.3) is 0 Å². The van der Waals surface area contributed by atoms with Crippen molar-refractivity contribution in [2.45, 2.75) is 39.2 Å². The summed E-state index contributed by atoms with van der Waals surface area (Å²) < 4.78 is 48.1. The van der Waals surface area contributed by atoms with E-state index in [-0.39, 0.29) is 18.1 Å². The predicted octanol–water partition coefficient (Wildman–Crippen LogP) is 7.73. The molecule has 0 unspecified atom stereocenters. The fourth-order valence-electron chi connectivity index (χ4n) is 3.92. The van der Waals surface area contributed by atoms with Crippen molar-refractivity contribution in [2.75, 3.05) is 0 Å².